The van der Waals surface area contributed by atoms with Crippen LogP contribution in [0.15, 0.2) is 11.6 Å². The van der Waals surface area contributed by atoms with E-state index in [-0.39, 0.29) is 29.1 Å². The molecule has 0 unspecified atom stereocenters. The molecule has 25 heavy (non-hydrogen) atoms. The van der Waals surface area contributed by atoms with Crippen molar-refractivity contribution in [3.05, 3.63) is 11.6 Å². The summed E-state index contributed by atoms with van der Waals surface area (Å²) in [5, 5.41) is 21.9. The number of aliphatic hydroxyl groups is 2. The third-order valence-corrected chi connectivity index (χ3v) is 7.92. The number of fused-ring (bicyclic) bond motifs is 3. The van der Waals surface area contributed by atoms with Crippen LogP contribution in [0, 0.1) is 28.6 Å². The van der Waals surface area contributed by atoms with E-state index < -0.39 is 17.1 Å². The van der Waals surface area contributed by atoms with E-state index in [9.17, 15) is 15.0 Å². The molecule has 2 N–H and O–H groups in total. The van der Waals surface area contributed by atoms with E-state index in [4.69, 9.17) is 4.74 Å². The lowest BCUT2D eigenvalue weighted by molar-refractivity contribution is -0.172. The number of carbonyl (C=O) groups is 1. The Morgan fingerprint density at radius 2 is 1.96 bits per heavy atom. The minimum Gasteiger partial charge on any atom is -0.469 e. The van der Waals surface area contributed by atoms with Gasteiger partial charge in [0, 0.05) is 0 Å². The molecule has 4 heteroatoms. The van der Waals surface area contributed by atoms with Gasteiger partial charge in [-0.3, -0.25) is 4.79 Å². The van der Waals surface area contributed by atoms with Crippen LogP contribution in [0.3, 0.4) is 0 Å². The van der Waals surface area contributed by atoms with Crippen LogP contribution >= 0.6 is 0 Å². The van der Waals surface area contributed by atoms with E-state index in [0.29, 0.717) is 6.42 Å². The second-order valence-corrected chi connectivity index (χ2v) is 9.45. The molecule has 0 spiro atoms. The normalized spacial score (nSPS) is 46.9. The maximum atomic E-state index is 12.6. The first-order valence-corrected chi connectivity index (χ1v) is 9.80. The molecule has 3 aliphatic rings. The Labute approximate surface area is 151 Å². The largest absolute Gasteiger partial charge is 0.469 e. The van der Waals surface area contributed by atoms with Gasteiger partial charge in [0.25, 0.3) is 0 Å². The number of carbonyl (C=O) groups excluding carboxylic acids is 1. The Morgan fingerprint density at radius 3 is 2.56 bits per heavy atom. The topological polar surface area (TPSA) is 66.8 Å². The van der Waals surface area contributed by atoms with Crippen molar-refractivity contribution in [3.8, 4) is 0 Å². The molecule has 0 bridgehead atoms. The highest BCUT2D eigenvalue weighted by atomic mass is 16.5. The maximum Gasteiger partial charge on any atom is 0.311 e. The average molecular weight is 350 g/mol. The summed E-state index contributed by atoms with van der Waals surface area (Å²) in [5.41, 5.74) is -0.365. The summed E-state index contributed by atoms with van der Waals surface area (Å²) < 4.78 is 5.15. The molecule has 0 radical (unpaired) electrons. The van der Waals surface area contributed by atoms with Crippen molar-refractivity contribution >= 4 is 5.97 Å². The van der Waals surface area contributed by atoms with Gasteiger partial charge in [-0.1, -0.05) is 33.3 Å². The Hall–Kier alpha value is -0.870. The van der Waals surface area contributed by atoms with Gasteiger partial charge in [0.1, 0.15) is 0 Å². The van der Waals surface area contributed by atoms with Crippen molar-refractivity contribution in [2.24, 2.45) is 28.6 Å². The molecule has 0 amide bonds. The lowest BCUT2D eigenvalue weighted by Crippen LogP contribution is -2.58. The van der Waals surface area contributed by atoms with Crippen LogP contribution in [0.2, 0.25) is 0 Å². The Morgan fingerprint density at radius 1 is 1.28 bits per heavy atom. The SMILES string of the molecule is COC(=O)[C@]1(C)CCC[C@@]2(C)[C@H]1C[C@@H](O)C1=C[C@](O)(C(C)C)CC[C@@H]12. The predicted octanol–water partition coefficient (Wildman–Crippen LogP) is 3.46. The van der Waals surface area contributed by atoms with E-state index in [1.807, 2.05) is 26.8 Å². The number of aliphatic hydroxyl groups excluding tert-OH is 1. The van der Waals surface area contributed by atoms with Crippen molar-refractivity contribution in [3.63, 3.8) is 0 Å². The maximum absolute atomic E-state index is 12.6. The van der Waals surface area contributed by atoms with Crippen molar-refractivity contribution in [1.29, 1.82) is 0 Å². The number of ether oxygens (including phenoxy) is 1. The molecule has 0 heterocycles. The standard InChI is InChI=1S/C21H34O4/c1-13(2)21(24)10-7-15-14(12-21)16(22)11-17-19(15,3)8-6-9-20(17,4)18(23)25-5/h12-13,15-17,22,24H,6-11H2,1-5H3/t15-,16+,17+,19+,20+,21-/m0/s1. The molecule has 2 fully saturated rings. The molecule has 0 saturated heterocycles. The molecule has 2 saturated carbocycles. The van der Waals surface area contributed by atoms with Crippen LogP contribution in [0.1, 0.15) is 66.2 Å². The van der Waals surface area contributed by atoms with Crippen molar-refractivity contribution < 1.29 is 19.7 Å². The molecule has 0 aromatic heterocycles. The van der Waals surface area contributed by atoms with E-state index in [2.05, 4.69) is 6.92 Å². The van der Waals surface area contributed by atoms with E-state index in [1.165, 1.54) is 7.11 Å². The zero-order valence-electron chi connectivity index (χ0n) is 16.3. The number of hydrogen-bond acceptors (Lipinski definition) is 4. The lowest BCUT2D eigenvalue weighted by Gasteiger charge is -2.60. The minimum atomic E-state index is -0.823. The zero-order chi connectivity index (χ0) is 18.6. The van der Waals surface area contributed by atoms with Crippen LogP contribution < -0.4 is 0 Å². The van der Waals surface area contributed by atoms with Gasteiger partial charge in [0.2, 0.25) is 0 Å². The minimum absolute atomic E-state index is 0.0233. The number of methoxy groups -OCH3 is 1. The monoisotopic (exact) mass is 350 g/mol. The van der Waals surface area contributed by atoms with Crippen molar-refractivity contribution in [2.45, 2.75) is 77.9 Å². The van der Waals surface area contributed by atoms with Gasteiger partial charge in [-0.25, -0.2) is 0 Å². The summed E-state index contributed by atoms with van der Waals surface area (Å²) in [4.78, 5) is 12.6. The first kappa shape index (κ1) is 18.9. The van der Waals surface area contributed by atoms with Crippen LogP contribution in [-0.4, -0.2) is 35.0 Å². The summed E-state index contributed by atoms with van der Waals surface area (Å²) in [6.07, 6.45) is 6.47. The van der Waals surface area contributed by atoms with Crippen LogP contribution in [0.5, 0.6) is 0 Å². The summed E-state index contributed by atoms with van der Waals surface area (Å²) >= 11 is 0. The smallest absolute Gasteiger partial charge is 0.311 e. The van der Waals surface area contributed by atoms with Crippen LogP contribution in [0.4, 0.5) is 0 Å². The Balaban J connectivity index is 2.02. The Kier molecular flexibility index (Phi) is 4.61. The summed E-state index contributed by atoms with van der Waals surface area (Å²) in [6, 6.07) is 0. The molecule has 4 nitrogen and oxygen atoms in total. The lowest BCUT2D eigenvalue weighted by atomic mass is 9.45. The fourth-order valence-corrected chi connectivity index (χ4v) is 6.19. The van der Waals surface area contributed by atoms with E-state index in [1.54, 1.807) is 0 Å². The van der Waals surface area contributed by atoms with Gasteiger partial charge in [-0.2, -0.15) is 0 Å². The van der Waals surface area contributed by atoms with Gasteiger partial charge in [0.05, 0.1) is 24.2 Å². The average Bonchev–Trinajstić information content (AvgIpc) is 2.56. The molecule has 6 atom stereocenters. The molecule has 3 rings (SSSR count). The van der Waals surface area contributed by atoms with Gasteiger partial charge in [-0.15, -0.1) is 0 Å². The molecular weight excluding hydrogens is 316 g/mol. The highest BCUT2D eigenvalue weighted by Crippen LogP contribution is 2.63. The van der Waals surface area contributed by atoms with E-state index in [0.717, 1.165) is 37.7 Å². The number of rotatable bonds is 2. The first-order valence-electron chi connectivity index (χ1n) is 9.80. The zero-order valence-corrected chi connectivity index (χ0v) is 16.3. The van der Waals surface area contributed by atoms with Crippen molar-refractivity contribution in [2.75, 3.05) is 7.11 Å². The second-order valence-electron chi connectivity index (χ2n) is 9.45. The summed E-state index contributed by atoms with van der Waals surface area (Å²) in [7, 11) is 1.47. The van der Waals surface area contributed by atoms with Gasteiger partial charge >= 0.3 is 5.97 Å². The predicted molar refractivity (Wildman–Crippen MR) is 96.8 cm³/mol. The van der Waals surface area contributed by atoms with E-state index >= 15 is 0 Å². The third-order valence-electron chi connectivity index (χ3n) is 7.92. The second kappa shape index (κ2) is 6.09. The van der Waals surface area contributed by atoms with Gasteiger partial charge < -0.3 is 14.9 Å². The molecular formula is C21H34O4. The van der Waals surface area contributed by atoms with Crippen LogP contribution in [-0.2, 0) is 9.53 Å². The van der Waals surface area contributed by atoms with Gasteiger partial charge in [-0.05, 0) is 67.8 Å². The highest BCUT2D eigenvalue weighted by Gasteiger charge is 2.60. The first-order chi connectivity index (χ1) is 11.6. The molecule has 142 valence electrons. The van der Waals surface area contributed by atoms with Crippen LogP contribution in [0.25, 0.3) is 0 Å². The number of esters is 1. The fourth-order valence-electron chi connectivity index (χ4n) is 6.19. The molecule has 0 aliphatic heterocycles. The third kappa shape index (κ3) is 2.68. The fraction of sp³-hybridized carbons (Fsp3) is 0.857. The Bertz CT molecular complexity index is 582. The summed E-state index contributed by atoms with van der Waals surface area (Å²) in [5.74, 6) is 0.344. The van der Waals surface area contributed by atoms with Crippen molar-refractivity contribution in [1.82, 2.24) is 0 Å². The van der Waals surface area contributed by atoms with Gasteiger partial charge in [0.15, 0.2) is 0 Å². The molecule has 0 aromatic rings. The summed E-state index contributed by atoms with van der Waals surface area (Å²) in [6.45, 7) is 8.38. The quantitative estimate of drug-likeness (QED) is 0.591. The molecule has 0 aromatic carbocycles. The molecule has 3 aliphatic carbocycles. The highest BCUT2D eigenvalue weighted by molar-refractivity contribution is 5.77. The number of hydrogen-bond donors (Lipinski definition) is 2.